The Morgan fingerprint density at radius 1 is 1.17 bits per heavy atom. The molecule has 3 aromatic rings. The van der Waals surface area contributed by atoms with Gasteiger partial charge in [0.2, 0.25) is 0 Å². The lowest BCUT2D eigenvalue weighted by Crippen LogP contribution is -2.41. The molecule has 8 heteroatoms. The first-order chi connectivity index (χ1) is 14.2. The van der Waals surface area contributed by atoms with Gasteiger partial charge in [-0.2, -0.15) is 5.10 Å². The van der Waals surface area contributed by atoms with Crippen LogP contribution in [-0.4, -0.2) is 37.9 Å². The summed E-state index contributed by atoms with van der Waals surface area (Å²) in [6.07, 6.45) is 2.97. The van der Waals surface area contributed by atoms with Gasteiger partial charge in [-0.05, 0) is 56.7 Å². The van der Waals surface area contributed by atoms with Crippen LogP contribution in [0, 0.1) is 5.82 Å². The molecular weight excluding hydrogens is 407 g/mol. The third kappa shape index (κ3) is 4.03. The van der Waals surface area contributed by atoms with Gasteiger partial charge in [0.05, 0.1) is 18.8 Å². The van der Waals surface area contributed by atoms with Crippen molar-refractivity contribution in [1.29, 1.82) is 0 Å². The molecule has 1 aliphatic rings. The number of fused-ring (bicyclic) bond motifs is 1. The second kappa shape index (κ2) is 7.72. The highest BCUT2D eigenvalue weighted by atomic mass is 35.5. The van der Waals surface area contributed by atoms with Gasteiger partial charge in [0.1, 0.15) is 17.1 Å². The lowest BCUT2D eigenvalue weighted by molar-refractivity contribution is 0.0195. The van der Waals surface area contributed by atoms with Crippen LogP contribution in [0.3, 0.4) is 0 Å². The fourth-order valence-electron chi connectivity index (χ4n) is 3.49. The van der Waals surface area contributed by atoms with Crippen LogP contribution >= 0.6 is 11.6 Å². The first-order valence-corrected chi connectivity index (χ1v) is 10.0. The smallest absolute Gasteiger partial charge is 0.410 e. The van der Waals surface area contributed by atoms with Crippen LogP contribution in [-0.2, 0) is 17.8 Å². The van der Waals surface area contributed by atoms with Crippen molar-refractivity contribution in [2.45, 2.75) is 39.5 Å². The largest absolute Gasteiger partial charge is 0.444 e. The van der Waals surface area contributed by atoms with Gasteiger partial charge in [0, 0.05) is 35.1 Å². The molecule has 0 radical (unpaired) electrons. The Balaban J connectivity index is 1.81. The van der Waals surface area contributed by atoms with E-state index in [2.05, 4.69) is 4.98 Å². The van der Waals surface area contributed by atoms with Crippen molar-refractivity contribution in [3.8, 4) is 22.4 Å². The highest BCUT2D eigenvalue weighted by Crippen LogP contribution is 2.38. The van der Waals surface area contributed by atoms with Gasteiger partial charge in [0.25, 0.3) is 0 Å². The summed E-state index contributed by atoms with van der Waals surface area (Å²) >= 11 is 5.94. The molecular formula is C22H22ClFN4O2. The van der Waals surface area contributed by atoms with Crippen LogP contribution in [0.2, 0.25) is 5.02 Å². The molecule has 156 valence electrons. The molecule has 30 heavy (non-hydrogen) atoms. The summed E-state index contributed by atoms with van der Waals surface area (Å²) in [5.74, 6) is -0.447. The van der Waals surface area contributed by atoms with Gasteiger partial charge in [-0.3, -0.25) is 9.67 Å². The average Bonchev–Trinajstić information content (AvgIpc) is 3.05. The number of rotatable bonds is 2. The summed E-state index contributed by atoms with van der Waals surface area (Å²) in [5.41, 5.74) is 2.73. The van der Waals surface area contributed by atoms with Crippen molar-refractivity contribution < 1.29 is 13.9 Å². The topological polar surface area (TPSA) is 60.2 Å². The number of ether oxygens (including phenoxy) is 1. The molecule has 1 aromatic carbocycles. The molecule has 0 atom stereocenters. The van der Waals surface area contributed by atoms with Crippen molar-refractivity contribution >= 4 is 17.7 Å². The first kappa shape index (κ1) is 20.3. The van der Waals surface area contributed by atoms with E-state index in [1.165, 1.54) is 6.07 Å². The number of amides is 1. The predicted octanol–water partition coefficient (Wildman–Crippen LogP) is 5.16. The lowest BCUT2D eigenvalue weighted by Gasteiger charge is -2.30. The lowest BCUT2D eigenvalue weighted by atomic mass is 9.98. The Hall–Kier alpha value is -2.93. The number of pyridine rings is 1. The molecule has 0 spiro atoms. The molecule has 0 N–H and O–H groups in total. The predicted molar refractivity (Wildman–Crippen MR) is 113 cm³/mol. The van der Waals surface area contributed by atoms with Crippen LogP contribution in [0.25, 0.3) is 22.4 Å². The van der Waals surface area contributed by atoms with E-state index in [-0.39, 0.29) is 6.09 Å². The summed E-state index contributed by atoms with van der Waals surface area (Å²) in [5, 5.41) is 5.01. The molecule has 1 amide bonds. The summed E-state index contributed by atoms with van der Waals surface area (Å²) in [6.45, 7) is 6.77. The Morgan fingerprint density at radius 2 is 1.90 bits per heavy atom. The van der Waals surface area contributed by atoms with Crippen LogP contribution < -0.4 is 0 Å². The van der Waals surface area contributed by atoms with E-state index < -0.39 is 11.4 Å². The monoisotopic (exact) mass is 428 g/mol. The first-order valence-electron chi connectivity index (χ1n) is 9.66. The standard InChI is InChI=1S/C22H22ClFN4O2/c1-22(2,3)30-21(29)27-10-11-28-18(13-27)19(14-6-8-25-9-7-14)20(26-28)16-5-4-15(23)12-17(16)24/h4-9,12H,10-11,13H2,1-3H3. The SMILES string of the molecule is CC(C)(C)OC(=O)N1CCn2nc(-c3ccc(Cl)cc3F)c(-c3ccncc3)c2C1. The minimum atomic E-state index is -0.583. The number of hydrogen-bond acceptors (Lipinski definition) is 4. The van der Waals surface area contributed by atoms with Gasteiger partial charge in [-0.15, -0.1) is 0 Å². The van der Waals surface area contributed by atoms with Gasteiger partial charge >= 0.3 is 6.09 Å². The summed E-state index contributed by atoms with van der Waals surface area (Å²) < 4.78 is 22.1. The third-order valence-electron chi connectivity index (χ3n) is 4.79. The Kier molecular flexibility index (Phi) is 5.24. The average molecular weight is 429 g/mol. The van der Waals surface area contributed by atoms with Gasteiger partial charge in [-0.1, -0.05) is 11.6 Å². The minimum absolute atomic E-state index is 0.314. The second-order valence-corrected chi connectivity index (χ2v) is 8.59. The molecule has 6 nitrogen and oxygen atoms in total. The van der Waals surface area contributed by atoms with Crippen molar-refractivity contribution in [3.63, 3.8) is 0 Å². The molecule has 0 bridgehead atoms. The second-order valence-electron chi connectivity index (χ2n) is 8.16. The fourth-order valence-corrected chi connectivity index (χ4v) is 3.65. The zero-order valence-electron chi connectivity index (χ0n) is 17.0. The maximum atomic E-state index is 14.8. The third-order valence-corrected chi connectivity index (χ3v) is 5.02. The molecule has 1 aliphatic heterocycles. The quantitative estimate of drug-likeness (QED) is 0.566. The summed E-state index contributed by atoms with van der Waals surface area (Å²) in [4.78, 5) is 18.4. The van der Waals surface area contributed by atoms with Crippen molar-refractivity contribution in [2.75, 3.05) is 6.54 Å². The number of carbonyl (C=O) groups excluding carboxylic acids is 1. The van der Waals surface area contributed by atoms with E-state index in [9.17, 15) is 9.18 Å². The van der Waals surface area contributed by atoms with Crippen molar-refractivity contribution in [2.24, 2.45) is 0 Å². The number of nitrogens with zero attached hydrogens (tertiary/aromatic N) is 4. The number of carbonyl (C=O) groups is 1. The molecule has 0 saturated heterocycles. The van der Waals surface area contributed by atoms with E-state index in [4.69, 9.17) is 21.4 Å². The van der Waals surface area contributed by atoms with Crippen LogP contribution in [0.15, 0.2) is 42.7 Å². The van der Waals surface area contributed by atoms with E-state index >= 15 is 0 Å². The molecule has 0 unspecified atom stereocenters. The molecule has 0 fully saturated rings. The highest BCUT2D eigenvalue weighted by molar-refractivity contribution is 6.30. The van der Waals surface area contributed by atoms with Gasteiger partial charge < -0.3 is 9.64 Å². The van der Waals surface area contributed by atoms with Gasteiger partial charge in [0.15, 0.2) is 0 Å². The molecule has 4 rings (SSSR count). The van der Waals surface area contributed by atoms with Crippen molar-refractivity contribution in [1.82, 2.24) is 19.7 Å². The van der Waals surface area contributed by atoms with E-state index in [1.54, 1.807) is 29.4 Å². The zero-order valence-corrected chi connectivity index (χ0v) is 17.8. The molecule has 0 aliphatic carbocycles. The normalized spacial score (nSPS) is 13.8. The van der Waals surface area contributed by atoms with E-state index in [1.807, 2.05) is 37.6 Å². The molecule has 3 heterocycles. The van der Waals surface area contributed by atoms with Crippen LogP contribution in [0.5, 0.6) is 0 Å². The summed E-state index contributed by atoms with van der Waals surface area (Å²) in [6, 6.07) is 8.24. The van der Waals surface area contributed by atoms with Crippen LogP contribution in [0.1, 0.15) is 26.5 Å². The highest BCUT2D eigenvalue weighted by Gasteiger charge is 2.31. The number of benzene rings is 1. The Morgan fingerprint density at radius 3 is 2.57 bits per heavy atom. The maximum Gasteiger partial charge on any atom is 0.410 e. The minimum Gasteiger partial charge on any atom is -0.444 e. The number of aromatic nitrogens is 3. The number of halogens is 2. The van der Waals surface area contributed by atoms with Crippen molar-refractivity contribution in [3.05, 3.63) is 59.3 Å². The van der Waals surface area contributed by atoms with Gasteiger partial charge in [-0.25, -0.2) is 9.18 Å². The summed E-state index contributed by atoms with van der Waals surface area (Å²) in [7, 11) is 0. The Bertz CT molecular complexity index is 1090. The molecule has 0 saturated carbocycles. The maximum absolute atomic E-state index is 14.8. The number of hydrogen-bond donors (Lipinski definition) is 0. The Labute approximate surface area is 179 Å². The zero-order chi connectivity index (χ0) is 21.5. The van der Waals surface area contributed by atoms with E-state index in [0.29, 0.717) is 35.9 Å². The molecule has 2 aromatic heterocycles. The fraction of sp³-hybridized carbons (Fsp3) is 0.318. The van der Waals surface area contributed by atoms with E-state index in [0.717, 1.165) is 16.8 Å². The van der Waals surface area contributed by atoms with Crippen LogP contribution in [0.4, 0.5) is 9.18 Å².